The number of hydrogen-bond acceptors (Lipinski definition) is 4. The van der Waals surface area contributed by atoms with E-state index in [9.17, 15) is 4.39 Å². The number of nitrogen functional groups attached to an aromatic ring is 1. The van der Waals surface area contributed by atoms with Crippen LogP contribution in [0.1, 0.15) is 0 Å². The van der Waals surface area contributed by atoms with Gasteiger partial charge in [0.1, 0.15) is 5.82 Å². The summed E-state index contributed by atoms with van der Waals surface area (Å²) in [4.78, 5) is 4.08. The molecule has 2 aromatic rings. The number of fused-ring (bicyclic) bond motifs is 1. The van der Waals surface area contributed by atoms with Gasteiger partial charge in [0.25, 0.3) is 5.19 Å². The van der Waals surface area contributed by atoms with Crippen LogP contribution in [0.25, 0.3) is 10.2 Å². The standard InChI is InChI=1S/C8H7FN2OS/c1-12-8-11-6-3-5(10)4(9)2-7(6)13-8/h2-3H,10H2,1H3. The normalized spacial score (nSPS) is 10.6. The van der Waals surface area contributed by atoms with E-state index in [1.165, 1.54) is 30.6 Å². The summed E-state index contributed by atoms with van der Waals surface area (Å²) in [7, 11) is 1.53. The molecule has 0 aliphatic rings. The summed E-state index contributed by atoms with van der Waals surface area (Å²) in [6, 6.07) is 2.87. The number of hydrogen-bond donors (Lipinski definition) is 1. The molecule has 0 amide bonds. The maximum Gasteiger partial charge on any atom is 0.274 e. The molecule has 0 bridgehead atoms. The van der Waals surface area contributed by atoms with Crippen LogP contribution < -0.4 is 10.5 Å². The number of benzene rings is 1. The van der Waals surface area contributed by atoms with Gasteiger partial charge in [0.2, 0.25) is 0 Å². The predicted octanol–water partition coefficient (Wildman–Crippen LogP) is 2.03. The summed E-state index contributed by atoms with van der Waals surface area (Å²) < 4.78 is 18.6. The number of halogens is 1. The Hall–Kier alpha value is -1.36. The van der Waals surface area contributed by atoms with Crippen molar-refractivity contribution in [1.82, 2.24) is 4.98 Å². The van der Waals surface area contributed by atoms with Crippen LogP contribution in [0, 0.1) is 5.82 Å². The average molecular weight is 198 g/mol. The second-order valence-electron chi connectivity index (χ2n) is 2.53. The maximum absolute atomic E-state index is 13.0. The van der Waals surface area contributed by atoms with E-state index in [4.69, 9.17) is 10.5 Å². The van der Waals surface area contributed by atoms with Gasteiger partial charge in [-0.05, 0) is 12.1 Å². The molecular weight excluding hydrogens is 191 g/mol. The van der Waals surface area contributed by atoms with Gasteiger partial charge in [0, 0.05) is 0 Å². The lowest BCUT2D eigenvalue weighted by atomic mass is 10.3. The molecule has 0 aliphatic heterocycles. The number of rotatable bonds is 1. The van der Waals surface area contributed by atoms with Crippen LogP contribution in [0.2, 0.25) is 0 Å². The number of aromatic nitrogens is 1. The number of thiazole rings is 1. The summed E-state index contributed by atoms with van der Waals surface area (Å²) in [6.07, 6.45) is 0. The first kappa shape index (κ1) is 8.25. The Labute approximate surface area is 78.0 Å². The van der Waals surface area contributed by atoms with E-state index in [1.807, 2.05) is 0 Å². The van der Waals surface area contributed by atoms with E-state index >= 15 is 0 Å². The Morgan fingerprint density at radius 3 is 3.00 bits per heavy atom. The molecule has 13 heavy (non-hydrogen) atoms. The quantitative estimate of drug-likeness (QED) is 0.713. The summed E-state index contributed by atoms with van der Waals surface area (Å²) in [5.74, 6) is -0.418. The minimum Gasteiger partial charge on any atom is -0.473 e. The lowest BCUT2D eigenvalue weighted by Gasteiger charge is -1.93. The molecular formula is C8H7FN2OS. The third-order valence-corrected chi connectivity index (χ3v) is 2.64. The van der Waals surface area contributed by atoms with Crippen LogP contribution >= 0.6 is 11.3 Å². The molecule has 1 aromatic carbocycles. The Morgan fingerprint density at radius 1 is 1.54 bits per heavy atom. The molecule has 0 saturated carbocycles. The fourth-order valence-corrected chi connectivity index (χ4v) is 1.82. The Morgan fingerprint density at radius 2 is 2.31 bits per heavy atom. The highest BCUT2D eigenvalue weighted by atomic mass is 32.1. The van der Waals surface area contributed by atoms with Gasteiger partial charge in [-0.15, -0.1) is 0 Å². The van der Waals surface area contributed by atoms with E-state index in [-0.39, 0.29) is 5.69 Å². The van der Waals surface area contributed by atoms with Gasteiger partial charge in [-0.1, -0.05) is 11.3 Å². The highest BCUT2D eigenvalue weighted by Crippen LogP contribution is 2.29. The van der Waals surface area contributed by atoms with Crippen molar-refractivity contribution in [3.05, 3.63) is 17.9 Å². The van der Waals surface area contributed by atoms with E-state index in [0.717, 1.165) is 4.70 Å². The minimum atomic E-state index is -0.418. The fraction of sp³-hybridized carbons (Fsp3) is 0.125. The SMILES string of the molecule is COc1nc2cc(N)c(F)cc2s1. The summed E-state index contributed by atoms with van der Waals surface area (Å²) in [6.45, 7) is 0. The number of nitrogens with zero attached hydrogens (tertiary/aromatic N) is 1. The van der Waals surface area contributed by atoms with Crippen LogP contribution in [-0.4, -0.2) is 12.1 Å². The van der Waals surface area contributed by atoms with E-state index in [2.05, 4.69) is 4.98 Å². The second kappa shape index (κ2) is 2.85. The number of ether oxygens (including phenoxy) is 1. The van der Waals surface area contributed by atoms with Gasteiger partial charge in [-0.25, -0.2) is 9.37 Å². The van der Waals surface area contributed by atoms with Crippen molar-refractivity contribution in [3.63, 3.8) is 0 Å². The fourth-order valence-electron chi connectivity index (χ4n) is 1.03. The van der Waals surface area contributed by atoms with Crippen molar-refractivity contribution < 1.29 is 9.13 Å². The summed E-state index contributed by atoms with van der Waals surface area (Å²) >= 11 is 1.29. The van der Waals surface area contributed by atoms with E-state index in [1.54, 1.807) is 0 Å². The minimum absolute atomic E-state index is 0.112. The Bertz CT molecular complexity index is 416. The van der Waals surface area contributed by atoms with Crippen LogP contribution in [0.4, 0.5) is 10.1 Å². The first-order valence-corrected chi connectivity index (χ1v) is 4.42. The summed E-state index contributed by atoms with van der Waals surface area (Å²) in [5.41, 5.74) is 6.16. The number of methoxy groups -OCH3 is 1. The van der Waals surface area contributed by atoms with Crippen molar-refractivity contribution in [3.8, 4) is 5.19 Å². The molecule has 1 heterocycles. The van der Waals surface area contributed by atoms with Gasteiger partial charge in [0.15, 0.2) is 0 Å². The molecule has 0 spiro atoms. The highest BCUT2D eigenvalue weighted by molar-refractivity contribution is 7.20. The Balaban J connectivity index is 2.70. The van der Waals surface area contributed by atoms with Crippen molar-refractivity contribution in [2.24, 2.45) is 0 Å². The van der Waals surface area contributed by atoms with Gasteiger partial charge in [0.05, 0.1) is 23.0 Å². The maximum atomic E-state index is 13.0. The average Bonchev–Trinajstić information content (AvgIpc) is 2.48. The first-order chi connectivity index (χ1) is 6.20. The molecule has 0 fully saturated rings. The topological polar surface area (TPSA) is 48.1 Å². The van der Waals surface area contributed by atoms with Crippen molar-refractivity contribution >= 4 is 27.2 Å². The third-order valence-electron chi connectivity index (χ3n) is 1.66. The number of anilines is 1. The zero-order chi connectivity index (χ0) is 9.42. The largest absolute Gasteiger partial charge is 0.473 e. The van der Waals surface area contributed by atoms with E-state index < -0.39 is 5.82 Å². The zero-order valence-corrected chi connectivity index (χ0v) is 7.69. The van der Waals surface area contributed by atoms with Crippen molar-refractivity contribution in [1.29, 1.82) is 0 Å². The molecule has 0 unspecified atom stereocenters. The number of nitrogens with two attached hydrogens (primary N) is 1. The van der Waals surface area contributed by atoms with Crippen LogP contribution in [0.5, 0.6) is 5.19 Å². The molecule has 2 N–H and O–H groups in total. The molecule has 2 rings (SSSR count). The smallest absolute Gasteiger partial charge is 0.274 e. The van der Waals surface area contributed by atoms with Crippen molar-refractivity contribution in [2.75, 3.05) is 12.8 Å². The van der Waals surface area contributed by atoms with Gasteiger partial charge < -0.3 is 10.5 Å². The first-order valence-electron chi connectivity index (χ1n) is 3.60. The Kier molecular flexibility index (Phi) is 1.81. The lowest BCUT2D eigenvalue weighted by Crippen LogP contribution is -1.88. The van der Waals surface area contributed by atoms with Gasteiger partial charge in [-0.3, -0.25) is 0 Å². The molecule has 0 saturated heterocycles. The third kappa shape index (κ3) is 1.31. The molecule has 0 aliphatic carbocycles. The highest BCUT2D eigenvalue weighted by Gasteiger charge is 2.07. The van der Waals surface area contributed by atoms with Crippen LogP contribution in [0.15, 0.2) is 12.1 Å². The molecule has 0 atom stereocenters. The molecule has 68 valence electrons. The molecule has 1 aromatic heterocycles. The molecule has 5 heteroatoms. The predicted molar refractivity (Wildman–Crippen MR) is 50.5 cm³/mol. The summed E-state index contributed by atoms with van der Waals surface area (Å²) in [5, 5.41) is 0.514. The second-order valence-corrected chi connectivity index (χ2v) is 3.52. The van der Waals surface area contributed by atoms with Crippen LogP contribution in [-0.2, 0) is 0 Å². The van der Waals surface area contributed by atoms with Crippen molar-refractivity contribution in [2.45, 2.75) is 0 Å². The molecule has 3 nitrogen and oxygen atoms in total. The van der Waals surface area contributed by atoms with Gasteiger partial charge >= 0.3 is 0 Å². The van der Waals surface area contributed by atoms with Crippen LogP contribution in [0.3, 0.4) is 0 Å². The van der Waals surface area contributed by atoms with Gasteiger partial charge in [-0.2, -0.15) is 0 Å². The lowest BCUT2D eigenvalue weighted by molar-refractivity contribution is 0.413. The monoisotopic (exact) mass is 198 g/mol. The zero-order valence-electron chi connectivity index (χ0n) is 6.87. The molecule has 0 radical (unpaired) electrons. The van der Waals surface area contributed by atoms with E-state index in [0.29, 0.717) is 10.7 Å².